The molecule has 1 aliphatic heterocycles. The van der Waals surface area contributed by atoms with Crippen molar-refractivity contribution in [3.05, 3.63) is 0 Å². The first-order valence-corrected chi connectivity index (χ1v) is 7.25. The highest BCUT2D eigenvalue weighted by atomic mass is 16.5. The van der Waals surface area contributed by atoms with Gasteiger partial charge in [0.1, 0.15) is 5.60 Å². The van der Waals surface area contributed by atoms with Crippen molar-refractivity contribution in [1.29, 1.82) is 0 Å². The Bertz CT molecular complexity index is 341. The molecule has 0 aromatic carbocycles. The molecule has 1 saturated carbocycles. The van der Waals surface area contributed by atoms with Crippen molar-refractivity contribution in [2.45, 2.75) is 51.0 Å². The molecule has 0 aromatic rings. The highest BCUT2D eigenvalue weighted by molar-refractivity contribution is 5.86. The topological polar surface area (TPSA) is 66.8 Å². The maximum atomic E-state index is 12.6. The molecule has 0 bridgehead atoms. The number of carboxylic acids is 1. The first kappa shape index (κ1) is 14.3. The first-order chi connectivity index (χ1) is 9.09. The predicted octanol–water partition coefficient (Wildman–Crippen LogP) is 1.66. The Morgan fingerprint density at radius 2 is 1.84 bits per heavy atom. The van der Waals surface area contributed by atoms with Crippen LogP contribution >= 0.6 is 0 Å². The number of carboxylic acid groups (broad SMARTS) is 1. The van der Waals surface area contributed by atoms with Crippen LogP contribution in [0.5, 0.6) is 0 Å². The van der Waals surface area contributed by atoms with Crippen molar-refractivity contribution in [3.63, 3.8) is 0 Å². The minimum atomic E-state index is -0.743. The normalized spacial score (nSPS) is 23.5. The quantitative estimate of drug-likeness (QED) is 0.843. The van der Waals surface area contributed by atoms with Crippen LogP contribution < -0.4 is 0 Å². The van der Waals surface area contributed by atoms with Crippen LogP contribution in [-0.4, -0.2) is 47.2 Å². The number of hydrogen-bond acceptors (Lipinski definition) is 3. The summed E-state index contributed by atoms with van der Waals surface area (Å²) in [5.74, 6) is -0.959. The highest BCUT2D eigenvalue weighted by Gasteiger charge is 2.45. The molecule has 1 saturated heterocycles. The Kier molecular flexibility index (Phi) is 4.45. The zero-order valence-corrected chi connectivity index (χ0v) is 11.6. The van der Waals surface area contributed by atoms with Gasteiger partial charge >= 0.3 is 5.97 Å². The molecule has 5 nitrogen and oxygen atoms in total. The van der Waals surface area contributed by atoms with Crippen molar-refractivity contribution in [2.75, 3.05) is 19.7 Å². The Morgan fingerprint density at radius 3 is 2.32 bits per heavy atom. The van der Waals surface area contributed by atoms with E-state index in [1.54, 1.807) is 4.90 Å². The van der Waals surface area contributed by atoms with E-state index in [0.29, 0.717) is 32.5 Å². The van der Waals surface area contributed by atoms with Gasteiger partial charge in [0.2, 0.25) is 0 Å². The maximum Gasteiger partial charge on any atom is 0.306 e. The van der Waals surface area contributed by atoms with Crippen molar-refractivity contribution >= 4 is 11.9 Å². The Labute approximate surface area is 113 Å². The Hall–Kier alpha value is -1.10. The molecule has 108 valence electrons. The number of ether oxygens (including phenoxy) is 1. The van der Waals surface area contributed by atoms with Crippen LogP contribution in [0.2, 0.25) is 0 Å². The molecule has 0 unspecified atom stereocenters. The van der Waals surface area contributed by atoms with E-state index in [4.69, 9.17) is 9.84 Å². The van der Waals surface area contributed by atoms with E-state index in [2.05, 4.69) is 0 Å². The molecule has 0 radical (unpaired) electrons. The Morgan fingerprint density at radius 1 is 1.26 bits per heavy atom. The van der Waals surface area contributed by atoms with Gasteiger partial charge in [0.05, 0.1) is 5.92 Å². The van der Waals surface area contributed by atoms with E-state index >= 15 is 0 Å². The SMILES string of the molecule is CCOC1(C(=O)N2CCC(C(=O)O)CC2)CCCC1. The molecule has 0 atom stereocenters. The number of rotatable bonds is 4. The predicted molar refractivity (Wildman–Crippen MR) is 69.8 cm³/mol. The zero-order chi connectivity index (χ0) is 13.9. The van der Waals surface area contributed by atoms with Gasteiger partial charge in [0.15, 0.2) is 0 Å². The summed E-state index contributed by atoms with van der Waals surface area (Å²) >= 11 is 0. The Balaban J connectivity index is 1.98. The average Bonchev–Trinajstić information content (AvgIpc) is 2.88. The molecule has 1 amide bonds. The van der Waals surface area contributed by atoms with Crippen LogP contribution in [0.3, 0.4) is 0 Å². The summed E-state index contributed by atoms with van der Waals surface area (Å²) in [6, 6.07) is 0. The van der Waals surface area contributed by atoms with Crippen molar-refractivity contribution in [2.24, 2.45) is 5.92 Å². The van der Waals surface area contributed by atoms with Gasteiger partial charge in [-0.25, -0.2) is 0 Å². The number of aliphatic carboxylic acids is 1. The lowest BCUT2D eigenvalue weighted by Gasteiger charge is -2.37. The smallest absolute Gasteiger partial charge is 0.306 e. The molecule has 19 heavy (non-hydrogen) atoms. The van der Waals surface area contributed by atoms with Gasteiger partial charge in [0, 0.05) is 19.7 Å². The maximum absolute atomic E-state index is 12.6. The summed E-state index contributed by atoms with van der Waals surface area (Å²) in [7, 11) is 0. The molecule has 2 fully saturated rings. The third-order valence-corrected chi connectivity index (χ3v) is 4.35. The standard InChI is InChI=1S/C14H23NO4/c1-2-19-14(7-3-4-8-14)13(18)15-9-5-11(6-10-15)12(16)17/h11H,2-10H2,1H3,(H,16,17). The molecule has 1 heterocycles. The van der Waals surface area contributed by atoms with E-state index in [-0.39, 0.29) is 11.8 Å². The number of likely N-dealkylation sites (tertiary alicyclic amines) is 1. The lowest BCUT2D eigenvalue weighted by molar-refractivity contribution is -0.160. The molecular weight excluding hydrogens is 246 g/mol. The molecule has 2 rings (SSSR count). The lowest BCUT2D eigenvalue weighted by atomic mass is 9.94. The van der Waals surface area contributed by atoms with Crippen LogP contribution in [0.4, 0.5) is 0 Å². The monoisotopic (exact) mass is 269 g/mol. The van der Waals surface area contributed by atoms with Crippen LogP contribution in [-0.2, 0) is 14.3 Å². The number of piperidine rings is 1. The van der Waals surface area contributed by atoms with E-state index in [0.717, 1.165) is 25.7 Å². The minimum absolute atomic E-state index is 0.0793. The van der Waals surface area contributed by atoms with Gasteiger partial charge in [-0.15, -0.1) is 0 Å². The van der Waals surface area contributed by atoms with Gasteiger partial charge in [-0.2, -0.15) is 0 Å². The van der Waals surface area contributed by atoms with E-state index in [1.165, 1.54) is 0 Å². The fourth-order valence-corrected chi connectivity index (χ4v) is 3.26. The van der Waals surface area contributed by atoms with E-state index in [1.807, 2.05) is 6.92 Å². The van der Waals surface area contributed by atoms with Crippen molar-refractivity contribution in [1.82, 2.24) is 4.90 Å². The lowest BCUT2D eigenvalue weighted by Crippen LogP contribution is -2.52. The zero-order valence-electron chi connectivity index (χ0n) is 11.6. The van der Waals surface area contributed by atoms with Crippen molar-refractivity contribution in [3.8, 4) is 0 Å². The van der Waals surface area contributed by atoms with Gasteiger partial charge in [-0.1, -0.05) is 0 Å². The molecule has 2 aliphatic rings. The fourth-order valence-electron chi connectivity index (χ4n) is 3.26. The number of carbonyl (C=O) groups is 2. The molecular formula is C14H23NO4. The highest BCUT2D eigenvalue weighted by Crippen LogP contribution is 2.36. The third-order valence-electron chi connectivity index (χ3n) is 4.35. The molecule has 1 aliphatic carbocycles. The second-order valence-electron chi connectivity index (χ2n) is 5.54. The second kappa shape index (κ2) is 5.90. The third kappa shape index (κ3) is 2.91. The second-order valence-corrected chi connectivity index (χ2v) is 5.54. The summed E-state index contributed by atoms with van der Waals surface area (Å²) in [6.45, 7) is 3.57. The molecule has 5 heteroatoms. The number of nitrogens with zero attached hydrogens (tertiary/aromatic N) is 1. The van der Waals surface area contributed by atoms with Crippen molar-refractivity contribution < 1.29 is 19.4 Å². The largest absolute Gasteiger partial charge is 0.481 e. The number of carbonyl (C=O) groups excluding carboxylic acids is 1. The molecule has 1 N–H and O–H groups in total. The molecule has 0 aromatic heterocycles. The van der Waals surface area contributed by atoms with Gasteiger partial charge < -0.3 is 14.7 Å². The van der Waals surface area contributed by atoms with E-state index < -0.39 is 11.6 Å². The van der Waals surface area contributed by atoms with Gasteiger partial charge in [0.25, 0.3) is 5.91 Å². The first-order valence-electron chi connectivity index (χ1n) is 7.25. The van der Waals surface area contributed by atoms with Crippen LogP contribution in [0.25, 0.3) is 0 Å². The number of hydrogen-bond donors (Lipinski definition) is 1. The minimum Gasteiger partial charge on any atom is -0.481 e. The summed E-state index contributed by atoms with van der Waals surface area (Å²) in [4.78, 5) is 25.4. The summed E-state index contributed by atoms with van der Waals surface area (Å²) in [5, 5.41) is 8.98. The van der Waals surface area contributed by atoms with Crippen LogP contribution in [0.15, 0.2) is 0 Å². The van der Waals surface area contributed by atoms with Gasteiger partial charge in [-0.05, 0) is 45.4 Å². The fraction of sp³-hybridized carbons (Fsp3) is 0.857. The number of amides is 1. The van der Waals surface area contributed by atoms with Crippen LogP contribution in [0, 0.1) is 5.92 Å². The molecule has 0 spiro atoms. The summed E-state index contributed by atoms with van der Waals surface area (Å²) in [6.07, 6.45) is 4.80. The van der Waals surface area contributed by atoms with E-state index in [9.17, 15) is 9.59 Å². The van der Waals surface area contributed by atoms with Gasteiger partial charge in [-0.3, -0.25) is 9.59 Å². The van der Waals surface area contributed by atoms with Crippen LogP contribution in [0.1, 0.15) is 45.4 Å². The summed E-state index contributed by atoms with van der Waals surface area (Å²) in [5.41, 5.74) is -0.620. The average molecular weight is 269 g/mol. The summed E-state index contributed by atoms with van der Waals surface area (Å²) < 4.78 is 5.77.